The van der Waals surface area contributed by atoms with Gasteiger partial charge in [0.15, 0.2) is 0 Å². The van der Waals surface area contributed by atoms with Crippen molar-refractivity contribution in [3.05, 3.63) is 60.2 Å². The van der Waals surface area contributed by atoms with E-state index < -0.39 is 10.0 Å². The van der Waals surface area contributed by atoms with Gasteiger partial charge >= 0.3 is 0 Å². The molecule has 0 spiro atoms. The van der Waals surface area contributed by atoms with E-state index in [9.17, 15) is 8.42 Å². The van der Waals surface area contributed by atoms with Gasteiger partial charge in [-0.15, -0.1) is 0 Å². The van der Waals surface area contributed by atoms with Crippen LogP contribution < -0.4 is 10.0 Å². The Morgan fingerprint density at radius 2 is 1.62 bits per heavy atom. The van der Waals surface area contributed by atoms with Gasteiger partial charge < -0.3 is 5.32 Å². The van der Waals surface area contributed by atoms with E-state index in [1.165, 1.54) is 5.56 Å². The standard InChI is InChI=1S/C16H20N2O2S/c1-3-17-21(19,20)16-11-9-15(10-12-16)18-13(2)14-7-5-4-6-8-14/h4-13,17-18H,3H2,1-2H3. The molecule has 112 valence electrons. The molecule has 0 aliphatic rings. The van der Waals surface area contributed by atoms with Crippen LogP contribution in [0, 0.1) is 0 Å². The Hall–Kier alpha value is -1.85. The number of sulfonamides is 1. The zero-order chi connectivity index (χ0) is 15.3. The summed E-state index contributed by atoms with van der Waals surface area (Å²) in [5.41, 5.74) is 2.07. The third kappa shape index (κ3) is 4.06. The summed E-state index contributed by atoms with van der Waals surface area (Å²) in [6, 6.07) is 17.0. The highest BCUT2D eigenvalue weighted by Gasteiger charge is 2.12. The van der Waals surface area contributed by atoms with Crippen LogP contribution in [0.5, 0.6) is 0 Å². The molecule has 0 saturated carbocycles. The van der Waals surface area contributed by atoms with Crippen molar-refractivity contribution in [3.8, 4) is 0 Å². The summed E-state index contributed by atoms with van der Waals surface area (Å²) in [5.74, 6) is 0. The Balaban J connectivity index is 2.10. The lowest BCUT2D eigenvalue weighted by Crippen LogP contribution is -2.23. The van der Waals surface area contributed by atoms with Crippen LogP contribution in [-0.4, -0.2) is 15.0 Å². The lowest BCUT2D eigenvalue weighted by Gasteiger charge is -2.16. The molecule has 0 bridgehead atoms. The number of hydrogen-bond donors (Lipinski definition) is 2. The Morgan fingerprint density at radius 1 is 1.00 bits per heavy atom. The zero-order valence-electron chi connectivity index (χ0n) is 12.2. The molecule has 2 N–H and O–H groups in total. The third-order valence-corrected chi connectivity index (χ3v) is 4.74. The molecule has 0 aliphatic carbocycles. The first-order valence-corrected chi connectivity index (χ1v) is 8.42. The molecule has 0 aliphatic heterocycles. The molecule has 4 nitrogen and oxygen atoms in total. The van der Waals surface area contributed by atoms with Crippen LogP contribution in [0.4, 0.5) is 5.69 Å². The summed E-state index contributed by atoms with van der Waals surface area (Å²) in [6.07, 6.45) is 0. The van der Waals surface area contributed by atoms with E-state index in [1.54, 1.807) is 31.2 Å². The second-order valence-corrected chi connectivity index (χ2v) is 6.57. The van der Waals surface area contributed by atoms with E-state index in [-0.39, 0.29) is 10.9 Å². The van der Waals surface area contributed by atoms with Gasteiger partial charge in [-0.2, -0.15) is 0 Å². The monoisotopic (exact) mass is 304 g/mol. The van der Waals surface area contributed by atoms with Crippen molar-refractivity contribution in [2.24, 2.45) is 0 Å². The molecule has 0 fully saturated rings. The van der Waals surface area contributed by atoms with Crippen molar-refractivity contribution in [2.75, 3.05) is 11.9 Å². The van der Waals surface area contributed by atoms with Crippen LogP contribution in [0.3, 0.4) is 0 Å². The molecule has 1 atom stereocenters. The van der Waals surface area contributed by atoms with E-state index in [2.05, 4.69) is 29.1 Å². The fourth-order valence-corrected chi connectivity index (χ4v) is 3.12. The summed E-state index contributed by atoms with van der Waals surface area (Å²) in [5, 5.41) is 3.35. The van der Waals surface area contributed by atoms with Crippen LogP contribution in [-0.2, 0) is 10.0 Å². The number of hydrogen-bond acceptors (Lipinski definition) is 3. The third-order valence-electron chi connectivity index (χ3n) is 3.18. The molecule has 1 unspecified atom stereocenters. The molecule has 5 heteroatoms. The number of nitrogens with one attached hydrogen (secondary N) is 2. The van der Waals surface area contributed by atoms with Crippen LogP contribution in [0.1, 0.15) is 25.5 Å². The number of anilines is 1. The predicted octanol–water partition coefficient (Wildman–Crippen LogP) is 3.16. The first kappa shape index (κ1) is 15.5. The van der Waals surface area contributed by atoms with Gasteiger partial charge in [0.25, 0.3) is 0 Å². The minimum absolute atomic E-state index is 0.155. The maximum atomic E-state index is 11.9. The minimum Gasteiger partial charge on any atom is -0.379 e. The van der Waals surface area contributed by atoms with E-state index in [0.29, 0.717) is 6.54 Å². The maximum absolute atomic E-state index is 11.9. The van der Waals surface area contributed by atoms with Crippen molar-refractivity contribution < 1.29 is 8.42 Å². The Morgan fingerprint density at radius 3 is 2.19 bits per heavy atom. The fourth-order valence-electron chi connectivity index (χ4n) is 2.08. The fraction of sp³-hybridized carbons (Fsp3) is 0.250. The predicted molar refractivity (Wildman–Crippen MR) is 85.8 cm³/mol. The lowest BCUT2D eigenvalue weighted by atomic mass is 10.1. The second kappa shape index (κ2) is 6.74. The Bertz CT molecular complexity index is 667. The SMILES string of the molecule is CCNS(=O)(=O)c1ccc(NC(C)c2ccccc2)cc1. The molecular formula is C16H20N2O2S. The summed E-state index contributed by atoms with van der Waals surface area (Å²) in [7, 11) is -3.39. The molecular weight excluding hydrogens is 284 g/mol. The van der Waals surface area contributed by atoms with Crippen LogP contribution >= 0.6 is 0 Å². The van der Waals surface area contributed by atoms with Crippen LogP contribution in [0.25, 0.3) is 0 Å². The average Bonchev–Trinajstić information content (AvgIpc) is 2.48. The highest BCUT2D eigenvalue weighted by Crippen LogP contribution is 2.20. The van der Waals surface area contributed by atoms with Gasteiger partial charge in [-0.1, -0.05) is 37.3 Å². The lowest BCUT2D eigenvalue weighted by molar-refractivity contribution is 0.584. The highest BCUT2D eigenvalue weighted by molar-refractivity contribution is 7.89. The van der Waals surface area contributed by atoms with Gasteiger partial charge in [0.1, 0.15) is 0 Å². The molecule has 2 rings (SSSR count). The zero-order valence-corrected chi connectivity index (χ0v) is 13.0. The largest absolute Gasteiger partial charge is 0.379 e. The molecule has 0 saturated heterocycles. The van der Waals surface area contributed by atoms with Crippen molar-refractivity contribution in [2.45, 2.75) is 24.8 Å². The molecule has 21 heavy (non-hydrogen) atoms. The van der Waals surface area contributed by atoms with E-state index in [0.717, 1.165) is 5.69 Å². The maximum Gasteiger partial charge on any atom is 0.240 e. The molecule has 0 amide bonds. The van der Waals surface area contributed by atoms with Gasteiger partial charge in [0, 0.05) is 18.3 Å². The minimum atomic E-state index is -3.39. The number of benzene rings is 2. The molecule has 2 aromatic rings. The first-order chi connectivity index (χ1) is 10.0. The van der Waals surface area contributed by atoms with Crippen molar-refractivity contribution in [1.29, 1.82) is 0 Å². The summed E-state index contributed by atoms with van der Waals surface area (Å²) in [4.78, 5) is 0.280. The number of rotatable bonds is 6. The van der Waals surface area contributed by atoms with Gasteiger partial charge in [0.05, 0.1) is 4.90 Å². The smallest absolute Gasteiger partial charge is 0.240 e. The summed E-state index contributed by atoms with van der Waals surface area (Å²) in [6.45, 7) is 4.21. The van der Waals surface area contributed by atoms with Crippen LogP contribution in [0.15, 0.2) is 59.5 Å². The quantitative estimate of drug-likeness (QED) is 0.862. The summed E-state index contributed by atoms with van der Waals surface area (Å²) < 4.78 is 26.2. The first-order valence-electron chi connectivity index (χ1n) is 6.94. The second-order valence-electron chi connectivity index (χ2n) is 4.80. The Kier molecular flexibility index (Phi) is 4.98. The summed E-state index contributed by atoms with van der Waals surface area (Å²) >= 11 is 0. The molecule has 0 heterocycles. The van der Waals surface area contributed by atoms with Gasteiger partial charge in [-0.05, 0) is 36.8 Å². The van der Waals surface area contributed by atoms with Gasteiger partial charge in [-0.3, -0.25) is 0 Å². The van der Waals surface area contributed by atoms with Crippen molar-refractivity contribution in [3.63, 3.8) is 0 Å². The van der Waals surface area contributed by atoms with E-state index in [1.807, 2.05) is 18.2 Å². The van der Waals surface area contributed by atoms with Crippen molar-refractivity contribution in [1.82, 2.24) is 4.72 Å². The highest BCUT2D eigenvalue weighted by atomic mass is 32.2. The normalized spacial score (nSPS) is 12.9. The Labute approximate surface area is 126 Å². The van der Waals surface area contributed by atoms with Gasteiger partial charge in [0.2, 0.25) is 10.0 Å². The van der Waals surface area contributed by atoms with E-state index in [4.69, 9.17) is 0 Å². The topological polar surface area (TPSA) is 58.2 Å². The average molecular weight is 304 g/mol. The molecule has 2 aromatic carbocycles. The molecule has 0 aromatic heterocycles. The van der Waals surface area contributed by atoms with Crippen LogP contribution in [0.2, 0.25) is 0 Å². The molecule has 0 radical (unpaired) electrons. The van der Waals surface area contributed by atoms with E-state index >= 15 is 0 Å². The van der Waals surface area contributed by atoms with Crippen molar-refractivity contribution >= 4 is 15.7 Å². The van der Waals surface area contributed by atoms with Gasteiger partial charge in [-0.25, -0.2) is 13.1 Å².